The number of carboxylic acids is 1. The Bertz CT molecular complexity index is 685. The SMILES string of the molecule is O=C(O)c1ccc2c(c1)CCN2Cc1nccn1C(F)F. The predicted octanol–water partition coefficient (Wildman–Crippen LogP) is 2.54. The van der Waals surface area contributed by atoms with E-state index >= 15 is 0 Å². The minimum atomic E-state index is -2.61. The molecule has 0 saturated carbocycles. The Morgan fingerprint density at radius 1 is 1.43 bits per heavy atom. The van der Waals surface area contributed by atoms with Crippen LogP contribution in [0.15, 0.2) is 30.6 Å². The predicted molar refractivity (Wildman–Crippen MR) is 71.6 cm³/mol. The molecule has 3 rings (SSSR count). The van der Waals surface area contributed by atoms with E-state index in [0.29, 0.717) is 18.8 Å². The third kappa shape index (κ3) is 2.46. The second kappa shape index (κ2) is 5.16. The Kier molecular flexibility index (Phi) is 3.32. The van der Waals surface area contributed by atoms with Crippen LogP contribution in [0.25, 0.3) is 0 Å². The van der Waals surface area contributed by atoms with Crippen molar-refractivity contribution in [1.82, 2.24) is 9.55 Å². The molecule has 1 aliphatic rings. The number of halogens is 2. The summed E-state index contributed by atoms with van der Waals surface area (Å²) < 4.78 is 26.5. The highest BCUT2D eigenvalue weighted by molar-refractivity contribution is 5.88. The summed E-state index contributed by atoms with van der Waals surface area (Å²) in [6, 6.07) is 4.89. The van der Waals surface area contributed by atoms with Crippen LogP contribution in [0.2, 0.25) is 0 Å². The van der Waals surface area contributed by atoms with Gasteiger partial charge in [0.25, 0.3) is 0 Å². The molecule has 0 unspecified atom stereocenters. The van der Waals surface area contributed by atoms with Gasteiger partial charge < -0.3 is 10.0 Å². The van der Waals surface area contributed by atoms with Gasteiger partial charge in [-0.1, -0.05) is 0 Å². The maximum Gasteiger partial charge on any atom is 0.335 e. The molecule has 1 N–H and O–H groups in total. The van der Waals surface area contributed by atoms with Crippen LogP contribution < -0.4 is 4.90 Å². The van der Waals surface area contributed by atoms with Crippen LogP contribution in [0.3, 0.4) is 0 Å². The van der Waals surface area contributed by atoms with E-state index in [9.17, 15) is 13.6 Å². The average molecular weight is 293 g/mol. The van der Waals surface area contributed by atoms with Crippen molar-refractivity contribution in [3.8, 4) is 0 Å². The molecule has 0 fully saturated rings. The monoisotopic (exact) mass is 293 g/mol. The Morgan fingerprint density at radius 2 is 2.24 bits per heavy atom. The number of carboxylic acid groups (broad SMARTS) is 1. The number of rotatable bonds is 4. The van der Waals surface area contributed by atoms with E-state index < -0.39 is 12.5 Å². The maximum atomic E-state index is 12.8. The Balaban J connectivity index is 1.84. The van der Waals surface area contributed by atoms with Crippen LogP contribution in [0.5, 0.6) is 0 Å². The van der Waals surface area contributed by atoms with Crippen LogP contribution in [0.4, 0.5) is 14.5 Å². The molecule has 0 radical (unpaired) electrons. The standard InChI is InChI=1S/C14H13F2N3O2/c15-14(16)19-6-4-17-12(19)8-18-5-3-9-7-10(13(20)21)1-2-11(9)18/h1-2,4,6-7,14H,3,5,8H2,(H,20,21). The quantitative estimate of drug-likeness (QED) is 0.941. The van der Waals surface area contributed by atoms with Crippen molar-refractivity contribution in [3.05, 3.63) is 47.5 Å². The topological polar surface area (TPSA) is 58.4 Å². The zero-order valence-electron chi connectivity index (χ0n) is 11.0. The first-order valence-electron chi connectivity index (χ1n) is 6.47. The molecule has 21 heavy (non-hydrogen) atoms. The third-order valence-electron chi connectivity index (χ3n) is 3.61. The van der Waals surface area contributed by atoms with Gasteiger partial charge in [0.1, 0.15) is 5.82 Å². The number of hydrogen-bond acceptors (Lipinski definition) is 3. The largest absolute Gasteiger partial charge is 0.478 e. The molecular weight excluding hydrogens is 280 g/mol. The van der Waals surface area contributed by atoms with E-state index in [1.165, 1.54) is 18.5 Å². The fraction of sp³-hybridized carbons (Fsp3) is 0.286. The molecule has 0 saturated heterocycles. The zero-order chi connectivity index (χ0) is 15.0. The van der Waals surface area contributed by atoms with E-state index in [2.05, 4.69) is 4.98 Å². The molecule has 1 aliphatic heterocycles. The van der Waals surface area contributed by atoms with E-state index in [-0.39, 0.29) is 12.1 Å². The molecule has 2 heterocycles. The van der Waals surface area contributed by atoms with Gasteiger partial charge in [0.05, 0.1) is 12.1 Å². The number of aromatic nitrogens is 2. The van der Waals surface area contributed by atoms with E-state index in [4.69, 9.17) is 5.11 Å². The highest BCUT2D eigenvalue weighted by atomic mass is 19.3. The number of anilines is 1. The molecule has 1 aromatic carbocycles. The average Bonchev–Trinajstić information content (AvgIpc) is 3.06. The smallest absolute Gasteiger partial charge is 0.335 e. The number of aromatic carboxylic acids is 1. The number of benzene rings is 1. The van der Waals surface area contributed by atoms with Crippen molar-refractivity contribution in [2.45, 2.75) is 19.5 Å². The number of carbonyl (C=O) groups is 1. The lowest BCUT2D eigenvalue weighted by Crippen LogP contribution is -2.22. The summed E-state index contributed by atoms with van der Waals surface area (Å²) in [7, 11) is 0. The highest BCUT2D eigenvalue weighted by Crippen LogP contribution is 2.30. The molecule has 5 nitrogen and oxygen atoms in total. The third-order valence-corrected chi connectivity index (χ3v) is 3.61. The lowest BCUT2D eigenvalue weighted by atomic mass is 10.1. The van der Waals surface area contributed by atoms with Crippen LogP contribution in [0, 0.1) is 0 Å². The Hall–Kier alpha value is -2.44. The summed E-state index contributed by atoms with van der Waals surface area (Å²) in [5, 5.41) is 8.98. The molecule has 0 amide bonds. The Morgan fingerprint density at radius 3 is 2.95 bits per heavy atom. The van der Waals surface area contributed by atoms with Crippen LogP contribution >= 0.6 is 0 Å². The van der Waals surface area contributed by atoms with Crippen molar-refractivity contribution in [3.63, 3.8) is 0 Å². The Labute approximate surface area is 119 Å². The molecular formula is C14H13F2N3O2. The molecule has 0 aliphatic carbocycles. The zero-order valence-corrected chi connectivity index (χ0v) is 11.0. The van der Waals surface area contributed by atoms with E-state index in [1.54, 1.807) is 12.1 Å². The van der Waals surface area contributed by atoms with Crippen molar-refractivity contribution in [1.29, 1.82) is 0 Å². The van der Waals surface area contributed by atoms with Crippen molar-refractivity contribution in [2.24, 2.45) is 0 Å². The summed E-state index contributed by atoms with van der Waals surface area (Å²) in [6.45, 7) is -1.68. The molecule has 0 spiro atoms. The van der Waals surface area contributed by atoms with Gasteiger partial charge in [0.15, 0.2) is 0 Å². The first-order valence-corrected chi connectivity index (χ1v) is 6.47. The number of nitrogens with zero attached hydrogens (tertiary/aromatic N) is 3. The number of hydrogen-bond donors (Lipinski definition) is 1. The van der Waals surface area contributed by atoms with Crippen LogP contribution in [-0.4, -0.2) is 27.2 Å². The number of imidazole rings is 1. The van der Waals surface area contributed by atoms with Crippen molar-refractivity contribution >= 4 is 11.7 Å². The fourth-order valence-electron chi connectivity index (χ4n) is 2.58. The van der Waals surface area contributed by atoms with Gasteiger partial charge in [-0.15, -0.1) is 0 Å². The maximum absolute atomic E-state index is 12.8. The van der Waals surface area contributed by atoms with Gasteiger partial charge in [0.2, 0.25) is 0 Å². The summed E-state index contributed by atoms with van der Waals surface area (Å²) in [4.78, 5) is 16.8. The molecule has 0 bridgehead atoms. The first-order chi connectivity index (χ1) is 10.1. The molecule has 0 atom stereocenters. The van der Waals surface area contributed by atoms with E-state index in [0.717, 1.165) is 15.8 Å². The summed E-state index contributed by atoms with van der Waals surface area (Å²) in [5.74, 6) is -0.676. The first kappa shape index (κ1) is 13.5. The van der Waals surface area contributed by atoms with Gasteiger partial charge in [-0.25, -0.2) is 9.78 Å². The van der Waals surface area contributed by atoms with Gasteiger partial charge in [-0.2, -0.15) is 8.78 Å². The van der Waals surface area contributed by atoms with Crippen molar-refractivity contribution < 1.29 is 18.7 Å². The van der Waals surface area contributed by atoms with E-state index in [1.807, 2.05) is 4.90 Å². The minimum Gasteiger partial charge on any atom is -0.478 e. The fourth-order valence-corrected chi connectivity index (χ4v) is 2.58. The lowest BCUT2D eigenvalue weighted by Gasteiger charge is -2.19. The van der Waals surface area contributed by atoms with Crippen molar-refractivity contribution in [2.75, 3.05) is 11.4 Å². The second-order valence-electron chi connectivity index (χ2n) is 4.85. The van der Waals surface area contributed by atoms with Gasteiger partial charge in [0, 0.05) is 24.6 Å². The summed E-state index contributed by atoms with van der Waals surface area (Å²) in [6.07, 6.45) is 3.31. The second-order valence-corrected chi connectivity index (χ2v) is 4.85. The number of alkyl halides is 2. The van der Waals surface area contributed by atoms with Gasteiger partial charge >= 0.3 is 12.5 Å². The normalized spacial score (nSPS) is 13.8. The highest BCUT2D eigenvalue weighted by Gasteiger charge is 2.23. The lowest BCUT2D eigenvalue weighted by molar-refractivity contribution is 0.0668. The number of fused-ring (bicyclic) bond motifs is 1. The molecule has 2 aromatic rings. The van der Waals surface area contributed by atoms with Crippen LogP contribution in [-0.2, 0) is 13.0 Å². The molecule has 110 valence electrons. The van der Waals surface area contributed by atoms with Gasteiger partial charge in [-0.3, -0.25) is 4.57 Å². The van der Waals surface area contributed by atoms with Crippen LogP contribution in [0.1, 0.15) is 28.3 Å². The molecule has 7 heteroatoms. The molecule has 1 aromatic heterocycles. The van der Waals surface area contributed by atoms with Gasteiger partial charge in [-0.05, 0) is 30.2 Å². The summed E-state index contributed by atoms with van der Waals surface area (Å²) >= 11 is 0. The summed E-state index contributed by atoms with van der Waals surface area (Å²) in [5.41, 5.74) is 2.04. The minimum absolute atomic E-state index is 0.240.